The van der Waals surface area contributed by atoms with Crippen LogP contribution in [0.1, 0.15) is 34.6 Å². The van der Waals surface area contributed by atoms with Gasteiger partial charge in [0, 0.05) is 0 Å². The van der Waals surface area contributed by atoms with Crippen LogP contribution < -0.4 is 0 Å². The summed E-state index contributed by atoms with van der Waals surface area (Å²) in [6.45, 7) is 19.1. The van der Waals surface area contributed by atoms with Crippen molar-refractivity contribution in [2.45, 2.75) is 58.9 Å². The lowest BCUT2D eigenvalue weighted by Gasteiger charge is -2.36. The van der Waals surface area contributed by atoms with E-state index in [1.807, 2.05) is 13.8 Å². The fourth-order valence-electron chi connectivity index (χ4n) is 1.24. The Labute approximate surface area is 126 Å². The maximum atomic E-state index is 6.02. The molecule has 0 atom stereocenters. The molecule has 4 nitrogen and oxygen atoms in total. The summed E-state index contributed by atoms with van der Waals surface area (Å²) in [5, 5.41) is 0.256. The van der Waals surface area contributed by atoms with Gasteiger partial charge in [-0.05, 0) is 32.0 Å². The maximum absolute atomic E-state index is 6.02. The fraction of sp³-hybridized carbons (Fsp3) is 1.00. The van der Waals surface area contributed by atoms with Crippen molar-refractivity contribution in [3.8, 4) is 0 Å². The molecule has 0 heterocycles. The minimum absolute atomic E-state index is 0.256. The van der Waals surface area contributed by atoms with E-state index in [-0.39, 0.29) is 11.1 Å². The number of hydrogen-bond donors (Lipinski definition) is 0. The second-order valence-corrected chi connectivity index (χ2v) is 11.6. The molecule has 0 fully saturated rings. The van der Waals surface area contributed by atoms with E-state index < -0.39 is 8.32 Å². The van der Waals surface area contributed by atoms with Crippen LogP contribution >= 0.6 is 0 Å². The summed E-state index contributed by atoms with van der Waals surface area (Å²) in [5.74, 6) is 0. The van der Waals surface area contributed by atoms with Crippen molar-refractivity contribution in [3.63, 3.8) is 0 Å². The predicted octanol–water partition coefficient (Wildman–Crippen LogP) is 3.47. The third-order valence-corrected chi connectivity index (χ3v) is 8.09. The Kier molecular flexibility index (Phi) is 9.92. The standard InChI is InChI=1S/C15H34O4Si/c1-14(2)18-12-10-16-8-9-17-11-13-19-20(6,7)15(3,4)5/h14H,8-13H2,1-7H3. The van der Waals surface area contributed by atoms with Gasteiger partial charge in [0.05, 0.1) is 45.7 Å². The molecule has 0 rings (SSSR count). The Balaban J connectivity index is 3.37. The van der Waals surface area contributed by atoms with Crippen molar-refractivity contribution in [1.29, 1.82) is 0 Å². The van der Waals surface area contributed by atoms with Crippen molar-refractivity contribution >= 4 is 8.32 Å². The largest absolute Gasteiger partial charge is 0.414 e. The van der Waals surface area contributed by atoms with Crippen LogP contribution in [0.4, 0.5) is 0 Å². The van der Waals surface area contributed by atoms with Gasteiger partial charge in [-0.3, -0.25) is 0 Å². The Morgan fingerprint density at radius 2 is 1.25 bits per heavy atom. The molecule has 0 aliphatic rings. The van der Waals surface area contributed by atoms with Gasteiger partial charge < -0.3 is 18.6 Å². The first-order chi connectivity index (χ1) is 9.17. The minimum atomic E-state index is -1.63. The zero-order valence-corrected chi connectivity index (χ0v) is 15.5. The highest BCUT2D eigenvalue weighted by molar-refractivity contribution is 6.74. The lowest BCUT2D eigenvalue weighted by molar-refractivity contribution is -0.00516. The summed E-state index contributed by atoms with van der Waals surface area (Å²) >= 11 is 0. The van der Waals surface area contributed by atoms with Gasteiger partial charge in [0.1, 0.15) is 0 Å². The lowest BCUT2D eigenvalue weighted by Crippen LogP contribution is -2.41. The highest BCUT2D eigenvalue weighted by Gasteiger charge is 2.36. The monoisotopic (exact) mass is 306 g/mol. The summed E-state index contributed by atoms with van der Waals surface area (Å²) in [7, 11) is -1.63. The van der Waals surface area contributed by atoms with Crippen LogP contribution in [0.3, 0.4) is 0 Å². The van der Waals surface area contributed by atoms with Gasteiger partial charge in [-0.1, -0.05) is 20.8 Å². The van der Waals surface area contributed by atoms with Crippen molar-refractivity contribution in [1.82, 2.24) is 0 Å². The molecular weight excluding hydrogens is 272 g/mol. The maximum Gasteiger partial charge on any atom is 0.192 e. The highest BCUT2D eigenvalue weighted by Crippen LogP contribution is 2.36. The van der Waals surface area contributed by atoms with Crippen molar-refractivity contribution in [2.24, 2.45) is 0 Å². The van der Waals surface area contributed by atoms with Gasteiger partial charge in [-0.15, -0.1) is 0 Å². The molecule has 0 saturated carbocycles. The molecule has 122 valence electrons. The average Bonchev–Trinajstić information content (AvgIpc) is 2.29. The molecule has 0 aromatic heterocycles. The summed E-state index contributed by atoms with van der Waals surface area (Å²) in [5.41, 5.74) is 0. The quantitative estimate of drug-likeness (QED) is 0.433. The van der Waals surface area contributed by atoms with E-state index in [1.54, 1.807) is 0 Å². The molecule has 5 heteroatoms. The predicted molar refractivity (Wildman–Crippen MR) is 85.9 cm³/mol. The molecule has 0 N–H and O–H groups in total. The highest BCUT2D eigenvalue weighted by atomic mass is 28.4. The summed E-state index contributed by atoms with van der Waals surface area (Å²) in [4.78, 5) is 0. The van der Waals surface area contributed by atoms with Gasteiger partial charge >= 0.3 is 0 Å². The van der Waals surface area contributed by atoms with Crippen LogP contribution in [0.2, 0.25) is 18.1 Å². The molecule has 0 radical (unpaired) electrons. The van der Waals surface area contributed by atoms with E-state index in [0.717, 1.165) is 0 Å². The number of ether oxygens (including phenoxy) is 3. The van der Waals surface area contributed by atoms with Gasteiger partial charge in [0.2, 0.25) is 0 Å². The summed E-state index contributed by atoms with van der Waals surface area (Å²) in [6, 6.07) is 0. The Morgan fingerprint density at radius 1 is 0.800 bits per heavy atom. The minimum Gasteiger partial charge on any atom is -0.414 e. The van der Waals surface area contributed by atoms with Crippen LogP contribution in [0.15, 0.2) is 0 Å². The SMILES string of the molecule is CC(C)OCCOCCOCCO[Si](C)(C)C(C)(C)C. The van der Waals surface area contributed by atoms with E-state index in [0.29, 0.717) is 39.6 Å². The lowest BCUT2D eigenvalue weighted by atomic mass is 10.2. The molecule has 0 aromatic carbocycles. The van der Waals surface area contributed by atoms with Gasteiger partial charge in [-0.2, -0.15) is 0 Å². The molecule has 0 aliphatic carbocycles. The zero-order chi connectivity index (χ0) is 15.6. The topological polar surface area (TPSA) is 36.9 Å². The van der Waals surface area contributed by atoms with E-state index in [4.69, 9.17) is 18.6 Å². The summed E-state index contributed by atoms with van der Waals surface area (Å²) in [6.07, 6.45) is 0.266. The molecular formula is C15H34O4Si. The normalized spacial score (nSPS) is 13.2. The molecule has 0 amide bonds. The summed E-state index contributed by atoms with van der Waals surface area (Å²) < 4.78 is 22.3. The Hall–Kier alpha value is 0.0569. The Bertz CT molecular complexity index is 237. The molecule has 0 spiro atoms. The Morgan fingerprint density at radius 3 is 1.70 bits per heavy atom. The van der Waals surface area contributed by atoms with E-state index >= 15 is 0 Å². The van der Waals surface area contributed by atoms with Crippen LogP contribution in [0.5, 0.6) is 0 Å². The van der Waals surface area contributed by atoms with Crippen molar-refractivity contribution < 1.29 is 18.6 Å². The van der Waals surface area contributed by atoms with Gasteiger partial charge in [0.25, 0.3) is 0 Å². The third kappa shape index (κ3) is 9.88. The van der Waals surface area contributed by atoms with Gasteiger partial charge in [0.15, 0.2) is 8.32 Å². The molecule has 0 aromatic rings. The number of rotatable bonds is 11. The van der Waals surface area contributed by atoms with E-state index in [1.165, 1.54) is 0 Å². The van der Waals surface area contributed by atoms with Crippen LogP contribution in [-0.4, -0.2) is 54.1 Å². The first kappa shape index (κ1) is 20.1. The second kappa shape index (κ2) is 9.90. The first-order valence-corrected chi connectivity index (χ1v) is 10.5. The smallest absolute Gasteiger partial charge is 0.192 e. The first-order valence-electron chi connectivity index (χ1n) is 7.58. The van der Waals surface area contributed by atoms with Crippen LogP contribution in [-0.2, 0) is 18.6 Å². The molecule has 20 heavy (non-hydrogen) atoms. The molecule has 0 aliphatic heterocycles. The van der Waals surface area contributed by atoms with Crippen molar-refractivity contribution in [3.05, 3.63) is 0 Å². The average molecular weight is 307 g/mol. The number of hydrogen-bond acceptors (Lipinski definition) is 4. The fourth-order valence-corrected chi connectivity index (χ4v) is 2.26. The zero-order valence-electron chi connectivity index (χ0n) is 14.5. The van der Waals surface area contributed by atoms with Crippen LogP contribution in [0.25, 0.3) is 0 Å². The molecule has 0 saturated heterocycles. The second-order valence-electron chi connectivity index (χ2n) is 6.75. The van der Waals surface area contributed by atoms with E-state index in [2.05, 4.69) is 33.9 Å². The van der Waals surface area contributed by atoms with Crippen LogP contribution in [0, 0.1) is 0 Å². The third-order valence-electron chi connectivity index (χ3n) is 3.55. The van der Waals surface area contributed by atoms with Gasteiger partial charge in [-0.25, -0.2) is 0 Å². The van der Waals surface area contributed by atoms with E-state index in [9.17, 15) is 0 Å². The molecule has 0 bridgehead atoms. The van der Waals surface area contributed by atoms with Crippen molar-refractivity contribution in [2.75, 3.05) is 39.6 Å². The molecule has 0 unspecified atom stereocenters.